The first kappa shape index (κ1) is 20.3. The number of sulfone groups is 1. The van der Waals surface area contributed by atoms with E-state index in [1.807, 2.05) is 6.07 Å². The van der Waals surface area contributed by atoms with Crippen molar-refractivity contribution in [1.29, 1.82) is 0 Å². The molecule has 0 aliphatic heterocycles. The van der Waals surface area contributed by atoms with Gasteiger partial charge in [-0.25, -0.2) is 18.1 Å². The Bertz CT molecular complexity index is 1140. The Balaban J connectivity index is 1.78. The Morgan fingerprint density at radius 1 is 1.07 bits per heavy atom. The smallest absolute Gasteiger partial charge is 0.180 e. The van der Waals surface area contributed by atoms with Crippen LogP contribution in [0.1, 0.15) is 31.0 Å². The predicted molar refractivity (Wildman–Crippen MR) is 113 cm³/mol. The Morgan fingerprint density at radius 2 is 1.79 bits per heavy atom. The molecule has 1 fully saturated rings. The molecule has 3 aromatic rings. The average Bonchev–Trinajstić information content (AvgIpc) is 3.07. The van der Waals surface area contributed by atoms with Gasteiger partial charge in [-0.3, -0.25) is 0 Å². The van der Waals surface area contributed by atoms with Crippen LogP contribution in [0.25, 0.3) is 17.1 Å². The fraction of sp³-hybridized carbons (Fsp3) is 0.300. The van der Waals surface area contributed by atoms with E-state index in [0.717, 1.165) is 29.9 Å². The van der Waals surface area contributed by atoms with E-state index in [4.69, 9.17) is 38.4 Å². The van der Waals surface area contributed by atoms with Crippen LogP contribution in [-0.2, 0) is 9.84 Å². The lowest BCUT2D eigenvalue weighted by molar-refractivity contribution is 0.319. The number of benzene rings is 2. The molecule has 9 heteroatoms. The highest BCUT2D eigenvalue weighted by molar-refractivity contribution is 7.91. The van der Waals surface area contributed by atoms with E-state index in [9.17, 15) is 8.42 Å². The number of halogens is 2. The van der Waals surface area contributed by atoms with Gasteiger partial charge in [0, 0.05) is 11.5 Å². The molecule has 0 amide bonds. The van der Waals surface area contributed by atoms with Crippen molar-refractivity contribution < 1.29 is 13.5 Å². The summed E-state index contributed by atoms with van der Waals surface area (Å²) < 4.78 is 26.0. The van der Waals surface area contributed by atoms with E-state index in [1.165, 1.54) is 18.6 Å². The van der Waals surface area contributed by atoms with Crippen LogP contribution in [0.5, 0.6) is 0 Å². The standard InChI is InChI=1S/C20H19Cl2N3O3S/c21-17-9-6-15(12-18(17)22)25-20(23-19(24-25)13-2-1-3-13)14-4-7-16(8-5-14)29(27,28)11-10-26/h4-9,12-13,26H,1-3,10-11H2. The molecule has 0 bridgehead atoms. The molecule has 0 spiro atoms. The van der Waals surface area contributed by atoms with Crippen LogP contribution < -0.4 is 0 Å². The highest BCUT2D eigenvalue weighted by Crippen LogP contribution is 2.36. The number of aliphatic hydroxyl groups is 1. The molecule has 1 aliphatic rings. The monoisotopic (exact) mass is 451 g/mol. The quantitative estimate of drug-likeness (QED) is 0.604. The average molecular weight is 452 g/mol. The molecule has 1 aromatic heterocycles. The first-order valence-electron chi connectivity index (χ1n) is 9.25. The van der Waals surface area contributed by atoms with Crippen molar-refractivity contribution in [2.45, 2.75) is 30.1 Å². The third-order valence-electron chi connectivity index (χ3n) is 5.07. The lowest BCUT2D eigenvalue weighted by Crippen LogP contribution is -2.11. The number of hydrogen-bond acceptors (Lipinski definition) is 5. The van der Waals surface area contributed by atoms with Gasteiger partial charge < -0.3 is 5.11 Å². The van der Waals surface area contributed by atoms with Gasteiger partial charge in [-0.1, -0.05) is 29.6 Å². The molecule has 4 rings (SSSR count). The number of aromatic nitrogens is 3. The van der Waals surface area contributed by atoms with Crippen molar-refractivity contribution >= 4 is 33.0 Å². The number of rotatable bonds is 6. The third kappa shape index (κ3) is 4.05. The van der Waals surface area contributed by atoms with Crippen LogP contribution >= 0.6 is 23.2 Å². The third-order valence-corrected chi connectivity index (χ3v) is 7.52. The zero-order valence-electron chi connectivity index (χ0n) is 15.4. The minimum absolute atomic E-state index is 0.162. The van der Waals surface area contributed by atoms with Crippen LogP contribution in [-0.4, -0.2) is 40.6 Å². The van der Waals surface area contributed by atoms with E-state index in [0.29, 0.717) is 21.8 Å². The Hall–Kier alpha value is -1.93. The number of hydrogen-bond donors (Lipinski definition) is 1. The van der Waals surface area contributed by atoms with Crippen molar-refractivity contribution in [3.8, 4) is 17.1 Å². The molecule has 2 aromatic carbocycles. The van der Waals surface area contributed by atoms with Gasteiger partial charge in [-0.15, -0.1) is 0 Å². The number of nitrogens with zero attached hydrogens (tertiary/aromatic N) is 3. The molecule has 0 radical (unpaired) electrons. The summed E-state index contributed by atoms with van der Waals surface area (Å²) in [6, 6.07) is 11.7. The predicted octanol–water partition coefficient (Wildman–Crippen LogP) is 4.27. The minimum Gasteiger partial charge on any atom is -0.395 e. The second-order valence-corrected chi connectivity index (χ2v) is 9.92. The lowest BCUT2D eigenvalue weighted by atomic mass is 9.85. The maximum absolute atomic E-state index is 12.2. The minimum atomic E-state index is -3.51. The van der Waals surface area contributed by atoms with Gasteiger partial charge in [0.1, 0.15) is 0 Å². The van der Waals surface area contributed by atoms with E-state index < -0.39 is 16.4 Å². The van der Waals surface area contributed by atoms with Crippen molar-refractivity contribution in [3.63, 3.8) is 0 Å². The second kappa shape index (κ2) is 8.07. The fourth-order valence-corrected chi connectivity index (χ4v) is 4.52. The van der Waals surface area contributed by atoms with Gasteiger partial charge in [-0.05, 0) is 55.3 Å². The summed E-state index contributed by atoms with van der Waals surface area (Å²) in [4.78, 5) is 4.91. The summed E-state index contributed by atoms with van der Waals surface area (Å²) in [5.41, 5.74) is 1.46. The molecule has 0 saturated heterocycles. The molecule has 152 valence electrons. The Morgan fingerprint density at radius 3 is 2.38 bits per heavy atom. The van der Waals surface area contributed by atoms with Crippen LogP contribution in [0.4, 0.5) is 0 Å². The zero-order valence-corrected chi connectivity index (χ0v) is 17.8. The summed E-state index contributed by atoms with van der Waals surface area (Å²) in [7, 11) is -3.51. The van der Waals surface area contributed by atoms with Crippen LogP contribution in [0.15, 0.2) is 47.4 Å². The topological polar surface area (TPSA) is 85.1 Å². The fourth-order valence-electron chi connectivity index (χ4n) is 3.20. The molecule has 1 saturated carbocycles. The summed E-state index contributed by atoms with van der Waals surface area (Å²) in [5.74, 6) is 1.41. The largest absolute Gasteiger partial charge is 0.395 e. The molecule has 0 unspecified atom stereocenters. The highest BCUT2D eigenvalue weighted by atomic mass is 35.5. The molecule has 1 heterocycles. The first-order chi connectivity index (χ1) is 13.9. The molecule has 1 N–H and O–H groups in total. The van der Waals surface area contributed by atoms with Crippen molar-refractivity contribution in [2.24, 2.45) is 0 Å². The van der Waals surface area contributed by atoms with E-state index in [2.05, 4.69) is 0 Å². The summed E-state index contributed by atoms with van der Waals surface area (Å²) in [5, 5.41) is 14.5. The summed E-state index contributed by atoms with van der Waals surface area (Å²) >= 11 is 12.2. The van der Waals surface area contributed by atoms with Crippen molar-refractivity contribution in [3.05, 3.63) is 58.3 Å². The van der Waals surface area contributed by atoms with Gasteiger partial charge in [0.15, 0.2) is 21.5 Å². The number of aliphatic hydroxyl groups excluding tert-OH is 1. The van der Waals surface area contributed by atoms with Gasteiger partial charge in [0.2, 0.25) is 0 Å². The highest BCUT2D eigenvalue weighted by Gasteiger charge is 2.26. The zero-order chi connectivity index (χ0) is 20.6. The van der Waals surface area contributed by atoms with Crippen LogP contribution in [0.3, 0.4) is 0 Å². The Labute approximate surface area is 179 Å². The SMILES string of the molecule is O=S(=O)(CCO)c1ccc(-c2nc(C3CCC3)nn2-c2ccc(Cl)c(Cl)c2)cc1. The Kier molecular flexibility index (Phi) is 5.66. The van der Waals surface area contributed by atoms with Gasteiger partial charge in [0.25, 0.3) is 0 Å². The first-order valence-corrected chi connectivity index (χ1v) is 11.7. The molecular formula is C20H19Cl2N3O3S. The van der Waals surface area contributed by atoms with Crippen LogP contribution in [0, 0.1) is 0 Å². The molecule has 29 heavy (non-hydrogen) atoms. The van der Waals surface area contributed by atoms with Crippen molar-refractivity contribution in [1.82, 2.24) is 14.8 Å². The molecule has 1 aliphatic carbocycles. The second-order valence-electron chi connectivity index (χ2n) is 7.00. The van der Waals surface area contributed by atoms with E-state index >= 15 is 0 Å². The lowest BCUT2D eigenvalue weighted by Gasteiger charge is -2.21. The molecule has 0 atom stereocenters. The molecule has 6 nitrogen and oxygen atoms in total. The molecular weight excluding hydrogens is 433 g/mol. The maximum Gasteiger partial charge on any atom is 0.180 e. The van der Waals surface area contributed by atoms with E-state index in [1.54, 1.807) is 28.9 Å². The van der Waals surface area contributed by atoms with Gasteiger partial charge in [-0.2, -0.15) is 5.10 Å². The van der Waals surface area contributed by atoms with Gasteiger partial charge in [0.05, 0.1) is 33.0 Å². The maximum atomic E-state index is 12.2. The summed E-state index contributed by atoms with van der Waals surface area (Å²) in [6.45, 7) is -0.416. The van der Waals surface area contributed by atoms with Crippen molar-refractivity contribution in [2.75, 3.05) is 12.4 Å². The van der Waals surface area contributed by atoms with E-state index in [-0.39, 0.29) is 10.6 Å². The van der Waals surface area contributed by atoms with Gasteiger partial charge >= 0.3 is 0 Å². The summed E-state index contributed by atoms with van der Waals surface area (Å²) in [6.07, 6.45) is 3.28. The van der Waals surface area contributed by atoms with Crippen LogP contribution in [0.2, 0.25) is 10.0 Å². The normalized spacial score (nSPS) is 14.7.